The first-order valence-corrected chi connectivity index (χ1v) is 7.15. The van der Waals surface area contributed by atoms with Gasteiger partial charge in [-0.1, -0.05) is 30.0 Å². The zero-order valence-electron chi connectivity index (χ0n) is 11.1. The molecule has 1 aliphatic rings. The van der Waals surface area contributed by atoms with Crippen molar-refractivity contribution in [1.82, 2.24) is 5.32 Å². The summed E-state index contributed by atoms with van der Waals surface area (Å²) < 4.78 is 13.5. The van der Waals surface area contributed by atoms with Crippen molar-refractivity contribution in [1.29, 1.82) is 0 Å². The van der Waals surface area contributed by atoms with Crippen LogP contribution in [0, 0.1) is 5.82 Å². The minimum atomic E-state index is -0.637. The van der Waals surface area contributed by atoms with Crippen LogP contribution in [0.1, 0.15) is 6.42 Å². The number of carbonyl (C=O) groups excluding carboxylic acids is 2. The van der Waals surface area contributed by atoms with Gasteiger partial charge in [0.25, 0.3) is 0 Å². The summed E-state index contributed by atoms with van der Waals surface area (Å²) in [4.78, 5) is 27.8. The molecule has 1 unspecified atom stereocenters. The lowest BCUT2D eigenvalue weighted by atomic mass is 10.2. The van der Waals surface area contributed by atoms with E-state index >= 15 is 0 Å². The van der Waals surface area contributed by atoms with Gasteiger partial charge in [-0.15, -0.1) is 6.58 Å². The first kappa shape index (κ1) is 15.2. The molecular formula is C14H14FN3O2S. The average Bonchev–Trinajstić information content (AvgIpc) is 2.47. The standard InChI is InChI=1S/C14H14FN3O2S/c1-2-7-16-14-18-12(19)8-11(21-14)13(20)17-10-6-4-3-5-9(10)15/h2-6,11H,1,7-8H2,(H,17,20)(H,16,18,19). The third-order valence-electron chi connectivity index (χ3n) is 2.66. The molecule has 0 bridgehead atoms. The molecule has 2 amide bonds. The Labute approximate surface area is 125 Å². The summed E-state index contributed by atoms with van der Waals surface area (Å²) in [5, 5.41) is 4.81. The number of benzene rings is 1. The fraction of sp³-hybridized carbons (Fsp3) is 0.214. The lowest BCUT2D eigenvalue weighted by Gasteiger charge is -2.22. The SMILES string of the molecule is C=CCN=C1NC(=O)CC(C(=O)Nc2ccccc2F)S1. The Morgan fingerprint density at radius 2 is 2.33 bits per heavy atom. The fourth-order valence-corrected chi connectivity index (χ4v) is 2.68. The zero-order valence-corrected chi connectivity index (χ0v) is 12.0. The highest BCUT2D eigenvalue weighted by molar-refractivity contribution is 8.15. The first-order chi connectivity index (χ1) is 10.1. The van der Waals surface area contributed by atoms with Gasteiger partial charge >= 0.3 is 0 Å². The van der Waals surface area contributed by atoms with Crippen LogP contribution in [0.5, 0.6) is 0 Å². The molecule has 1 aromatic rings. The molecular weight excluding hydrogens is 293 g/mol. The van der Waals surface area contributed by atoms with Crippen LogP contribution in [0.4, 0.5) is 10.1 Å². The highest BCUT2D eigenvalue weighted by atomic mass is 32.2. The van der Waals surface area contributed by atoms with E-state index in [4.69, 9.17) is 0 Å². The third-order valence-corrected chi connectivity index (χ3v) is 3.78. The molecule has 7 heteroatoms. The molecule has 0 aliphatic carbocycles. The summed E-state index contributed by atoms with van der Waals surface area (Å²) in [6.45, 7) is 3.89. The molecule has 1 atom stereocenters. The van der Waals surface area contributed by atoms with E-state index in [0.29, 0.717) is 11.7 Å². The average molecular weight is 307 g/mol. The van der Waals surface area contributed by atoms with E-state index in [9.17, 15) is 14.0 Å². The molecule has 1 fully saturated rings. The molecule has 1 saturated heterocycles. The topological polar surface area (TPSA) is 70.6 Å². The van der Waals surface area contributed by atoms with E-state index in [2.05, 4.69) is 22.2 Å². The highest BCUT2D eigenvalue weighted by Gasteiger charge is 2.30. The minimum absolute atomic E-state index is 0.0259. The second-order valence-corrected chi connectivity index (χ2v) is 5.45. The summed E-state index contributed by atoms with van der Waals surface area (Å²) in [5.41, 5.74) is 0.0960. The van der Waals surface area contributed by atoms with Crippen molar-refractivity contribution >= 4 is 34.4 Å². The monoisotopic (exact) mass is 307 g/mol. The number of carbonyl (C=O) groups is 2. The van der Waals surface area contributed by atoms with Gasteiger partial charge in [0.05, 0.1) is 12.2 Å². The Bertz CT molecular complexity index is 604. The van der Waals surface area contributed by atoms with Gasteiger partial charge in [0.1, 0.15) is 11.1 Å². The van der Waals surface area contributed by atoms with E-state index in [1.165, 1.54) is 18.2 Å². The molecule has 1 heterocycles. The van der Waals surface area contributed by atoms with Crippen LogP contribution in [0.3, 0.4) is 0 Å². The Morgan fingerprint density at radius 3 is 3.05 bits per heavy atom. The fourth-order valence-electron chi connectivity index (χ4n) is 1.69. The maximum atomic E-state index is 13.5. The molecule has 0 spiro atoms. The van der Waals surface area contributed by atoms with Crippen molar-refractivity contribution in [2.24, 2.45) is 4.99 Å². The maximum absolute atomic E-state index is 13.5. The van der Waals surface area contributed by atoms with Crippen LogP contribution in [0.15, 0.2) is 41.9 Å². The predicted octanol–water partition coefficient (Wildman–Crippen LogP) is 1.93. The van der Waals surface area contributed by atoms with Gasteiger partial charge in [0.2, 0.25) is 11.8 Å². The van der Waals surface area contributed by atoms with Crippen LogP contribution in [0.2, 0.25) is 0 Å². The second kappa shape index (κ2) is 7.03. The minimum Gasteiger partial charge on any atom is -0.323 e. The van der Waals surface area contributed by atoms with Crippen molar-refractivity contribution in [3.05, 3.63) is 42.7 Å². The first-order valence-electron chi connectivity index (χ1n) is 6.27. The number of hydrogen-bond donors (Lipinski definition) is 2. The van der Waals surface area contributed by atoms with E-state index in [1.807, 2.05) is 0 Å². The Morgan fingerprint density at radius 1 is 1.57 bits per heavy atom. The van der Waals surface area contributed by atoms with Crippen LogP contribution in [-0.2, 0) is 9.59 Å². The van der Waals surface area contributed by atoms with E-state index in [-0.39, 0.29) is 18.0 Å². The Hall–Kier alpha value is -2.15. The van der Waals surface area contributed by atoms with Crippen molar-refractivity contribution in [3.63, 3.8) is 0 Å². The molecule has 21 heavy (non-hydrogen) atoms. The largest absolute Gasteiger partial charge is 0.323 e. The number of anilines is 1. The number of thioether (sulfide) groups is 1. The smallest absolute Gasteiger partial charge is 0.238 e. The summed E-state index contributed by atoms with van der Waals surface area (Å²) in [6.07, 6.45) is 1.61. The molecule has 5 nitrogen and oxygen atoms in total. The number of para-hydroxylation sites is 1. The summed E-state index contributed by atoms with van der Waals surface area (Å²) in [6, 6.07) is 5.88. The van der Waals surface area contributed by atoms with E-state index in [1.54, 1.807) is 12.1 Å². The van der Waals surface area contributed by atoms with Gasteiger partial charge in [-0.3, -0.25) is 14.6 Å². The second-order valence-electron chi connectivity index (χ2n) is 4.26. The molecule has 2 rings (SSSR count). The van der Waals surface area contributed by atoms with Crippen LogP contribution >= 0.6 is 11.8 Å². The van der Waals surface area contributed by atoms with Gasteiger partial charge in [0.15, 0.2) is 5.17 Å². The van der Waals surface area contributed by atoms with Gasteiger partial charge < -0.3 is 10.6 Å². The number of nitrogens with zero attached hydrogens (tertiary/aromatic N) is 1. The lowest BCUT2D eigenvalue weighted by Crippen LogP contribution is -2.42. The van der Waals surface area contributed by atoms with Gasteiger partial charge in [-0.2, -0.15) is 0 Å². The number of amidine groups is 1. The van der Waals surface area contributed by atoms with Crippen LogP contribution in [-0.4, -0.2) is 28.8 Å². The lowest BCUT2D eigenvalue weighted by molar-refractivity contribution is -0.123. The van der Waals surface area contributed by atoms with Crippen LogP contribution in [0.25, 0.3) is 0 Å². The number of aliphatic imine (C=N–C) groups is 1. The van der Waals surface area contributed by atoms with Gasteiger partial charge in [-0.25, -0.2) is 4.39 Å². The summed E-state index contributed by atoms with van der Waals surface area (Å²) in [7, 11) is 0. The molecule has 0 saturated carbocycles. The predicted molar refractivity (Wildman–Crippen MR) is 81.7 cm³/mol. The Balaban J connectivity index is 2.06. The normalized spacial score (nSPS) is 20.0. The Kier molecular flexibility index (Phi) is 5.10. The number of amides is 2. The summed E-state index contributed by atoms with van der Waals surface area (Å²) >= 11 is 1.14. The number of rotatable bonds is 4. The number of hydrogen-bond acceptors (Lipinski definition) is 4. The molecule has 1 aliphatic heterocycles. The van der Waals surface area contributed by atoms with Crippen molar-refractivity contribution < 1.29 is 14.0 Å². The van der Waals surface area contributed by atoms with E-state index in [0.717, 1.165) is 11.8 Å². The van der Waals surface area contributed by atoms with Crippen molar-refractivity contribution in [3.8, 4) is 0 Å². The molecule has 110 valence electrons. The zero-order chi connectivity index (χ0) is 15.2. The van der Waals surface area contributed by atoms with Gasteiger partial charge in [-0.05, 0) is 12.1 Å². The quantitative estimate of drug-likeness (QED) is 0.835. The van der Waals surface area contributed by atoms with Crippen molar-refractivity contribution in [2.45, 2.75) is 11.7 Å². The molecule has 2 N–H and O–H groups in total. The maximum Gasteiger partial charge on any atom is 0.238 e. The number of nitrogens with one attached hydrogen (secondary N) is 2. The van der Waals surface area contributed by atoms with Crippen molar-refractivity contribution in [2.75, 3.05) is 11.9 Å². The highest BCUT2D eigenvalue weighted by Crippen LogP contribution is 2.23. The van der Waals surface area contributed by atoms with Gasteiger partial charge in [0, 0.05) is 6.42 Å². The van der Waals surface area contributed by atoms with E-state index < -0.39 is 17.0 Å². The molecule has 1 aromatic carbocycles. The summed E-state index contributed by atoms with van der Waals surface area (Å²) in [5.74, 6) is -1.23. The molecule has 0 aromatic heterocycles. The third kappa shape index (κ3) is 4.16. The van der Waals surface area contributed by atoms with Crippen LogP contribution < -0.4 is 10.6 Å². The number of halogens is 1. The molecule has 0 radical (unpaired) electrons.